The standard InChI is InChI=1S/C19H19N3O2S/c1-2-22(11-12-7-4-3-5-8-12)19(24)16-20-17(23)15-13-9-6-10-14(13)25-18(15)21-16/h3-5,7-8H,2,6,9-11H2,1H3,(H,20,21,23). The minimum absolute atomic E-state index is 0.134. The quantitative estimate of drug-likeness (QED) is 0.784. The Kier molecular flexibility index (Phi) is 4.13. The molecule has 128 valence electrons. The van der Waals surface area contributed by atoms with Gasteiger partial charge in [-0.05, 0) is 37.3 Å². The fourth-order valence-corrected chi connectivity index (χ4v) is 4.65. The third kappa shape index (κ3) is 2.87. The Morgan fingerprint density at radius 2 is 2.08 bits per heavy atom. The van der Waals surface area contributed by atoms with Crippen molar-refractivity contribution in [1.29, 1.82) is 0 Å². The number of thiophene rings is 1. The van der Waals surface area contributed by atoms with E-state index in [2.05, 4.69) is 9.97 Å². The number of H-pyrrole nitrogens is 1. The topological polar surface area (TPSA) is 66.1 Å². The summed E-state index contributed by atoms with van der Waals surface area (Å²) in [4.78, 5) is 36.2. The molecule has 1 aromatic carbocycles. The summed E-state index contributed by atoms with van der Waals surface area (Å²) in [7, 11) is 0. The highest BCUT2D eigenvalue weighted by atomic mass is 32.1. The van der Waals surface area contributed by atoms with Crippen molar-refractivity contribution in [1.82, 2.24) is 14.9 Å². The first-order valence-corrected chi connectivity index (χ1v) is 9.36. The molecule has 1 amide bonds. The molecule has 4 rings (SSSR count). The number of fused-ring (bicyclic) bond motifs is 3. The molecular formula is C19H19N3O2S. The van der Waals surface area contributed by atoms with Crippen LogP contribution in [0.1, 0.15) is 40.0 Å². The van der Waals surface area contributed by atoms with Crippen molar-refractivity contribution >= 4 is 27.5 Å². The van der Waals surface area contributed by atoms with Crippen LogP contribution >= 0.6 is 11.3 Å². The molecule has 5 nitrogen and oxygen atoms in total. The predicted octanol–water partition coefficient (Wildman–Crippen LogP) is 3.14. The molecule has 3 aromatic rings. The van der Waals surface area contributed by atoms with Crippen LogP contribution in [0.5, 0.6) is 0 Å². The highest BCUT2D eigenvalue weighted by Gasteiger charge is 2.24. The number of amides is 1. The number of aromatic nitrogens is 2. The van der Waals surface area contributed by atoms with Crippen LogP contribution in [-0.2, 0) is 19.4 Å². The van der Waals surface area contributed by atoms with Crippen molar-refractivity contribution in [3.05, 3.63) is 62.5 Å². The Morgan fingerprint density at radius 1 is 1.28 bits per heavy atom. The lowest BCUT2D eigenvalue weighted by Gasteiger charge is -2.20. The zero-order valence-corrected chi connectivity index (χ0v) is 14.9. The van der Waals surface area contributed by atoms with Crippen molar-refractivity contribution in [2.75, 3.05) is 6.54 Å². The Hall–Kier alpha value is -2.47. The monoisotopic (exact) mass is 353 g/mol. The van der Waals surface area contributed by atoms with Gasteiger partial charge in [-0.15, -0.1) is 11.3 Å². The average molecular weight is 353 g/mol. The maximum atomic E-state index is 12.8. The second-order valence-electron chi connectivity index (χ2n) is 6.26. The number of aryl methyl sites for hydroxylation is 2. The van der Waals surface area contributed by atoms with Crippen LogP contribution in [0.25, 0.3) is 10.2 Å². The molecule has 0 atom stereocenters. The molecule has 1 aliphatic rings. The molecule has 2 heterocycles. The van der Waals surface area contributed by atoms with Gasteiger partial charge in [-0.2, -0.15) is 0 Å². The van der Waals surface area contributed by atoms with Crippen LogP contribution < -0.4 is 5.56 Å². The van der Waals surface area contributed by atoms with Gasteiger partial charge < -0.3 is 9.88 Å². The number of rotatable bonds is 4. The summed E-state index contributed by atoms with van der Waals surface area (Å²) < 4.78 is 0. The smallest absolute Gasteiger partial charge is 0.290 e. The Labute approximate surface area is 149 Å². The molecule has 1 N–H and O–H groups in total. The van der Waals surface area contributed by atoms with E-state index in [1.807, 2.05) is 37.3 Å². The van der Waals surface area contributed by atoms with Gasteiger partial charge >= 0.3 is 0 Å². The summed E-state index contributed by atoms with van der Waals surface area (Å²) in [5.41, 5.74) is 1.99. The summed E-state index contributed by atoms with van der Waals surface area (Å²) in [5.74, 6) is -0.103. The summed E-state index contributed by atoms with van der Waals surface area (Å²) in [6.45, 7) is 2.98. The van der Waals surface area contributed by atoms with Gasteiger partial charge in [0.1, 0.15) is 4.83 Å². The summed E-state index contributed by atoms with van der Waals surface area (Å²) in [5, 5.41) is 0.681. The first-order chi connectivity index (χ1) is 12.2. The third-order valence-corrected chi connectivity index (χ3v) is 5.85. The van der Waals surface area contributed by atoms with Crippen LogP contribution in [0, 0.1) is 0 Å². The molecule has 0 saturated carbocycles. The molecule has 25 heavy (non-hydrogen) atoms. The number of hydrogen-bond donors (Lipinski definition) is 1. The van der Waals surface area contributed by atoms with E-state index in [1.54, 1.807) is 16.2 Å². The van der Waals surface area contributed by atoms with E-state index in [9.17, 15) is 9.59 Å². The predicted molar refractivity (Wildman–Crippen MR) is 99.1 cm³/mol. The van der Waals surface area contributed by atoms with Crippen molar-refractivity contribution in [2.45, 2.75) is 32.7 Å². The second kappa shape index (κ2) is 6.44. The maximum Gasteiger partial charge on any atom is 0.290 e. The molecule has 0 spiro atoms. The lowest BCUT2D eigenvalue weighted by molar-refractivity contribution is 0.0740. The summed E-state index contributed by atoms with van der Waals surface area (Å²) in [6, 6.07) is 9.82. The van der Waals surface area contributed by atoms with Gasteiger partial charge in [0, 0.05) is 18.0 Å². The van der Waals surface area contributed by atoms with Gasteiger partial charge in [0.15, 0.2) is 0 Å². The zero-order chi connectivity index (χ0) is 17.4. The van der Waals surface area contributed by atoms with Crippen molar-refractivity contribution < 1.29 is 4.79 Å². The normalized spacial score (nSPS) is 13.2. The van der Waals surface area contributed by atoms with Crippen molar-refractivity contribution in [2.24, 2.45) is 0 Å². The van der Waals surface area contributed by atoms with Crippen LogP contribution in [0.15, 0.2) is 35.1 Å². The van der Waals surface area contributed by atoms with Gasteiger partial charge in [-0.3, -0.25) is 9.59 Å². The van der Waals surface area contributed by atoms with Crippen molar-refractivity contribution in [3.63, 3.8) is 0 Å². The highest BCUT2D eigenvalue weighted by molar-refractivity contribution is 7.18. The van der Waals surface area contributed by atoms with Gasteiger partial charge in [-0.25, -0.2) is 4.98 Å². The number of hydrogen-bond acceptors (Lipinski definition) is 4. The van der Waals surface area contributed by atoms with Crippen molar-refractivity contribution in [3.8, 4) is 0 Å². The molecule has 0 bridgehead atoms. The van der Waals surface area contributed by atoms with E-state index in [4.69, 9.17) is 0 Å². The number of benzene rings is 1. The Morgan fingerprint density at radius 3 is 2.84 bits per heavy atom. The number of carbonyl (C=O) groups is 1. The Balaban J connectivity index is 1.68. The molecule has 2 aromatic heterocycles. The fourth-order valence-electron chi connectivity index (χ4n) is 3.38. The maximum absolute atomic E-state index is 12.8. The highest BCUT2D eigenvalue weighted by Crippen LogP contribution is 2.34. The van der Waals surface area contributed by atoms with E-state index in [0.29, 0.717) is 23.3 Å². The summed E-state index contributed by atoms with van der Waals surface area (Å²) in [6.07, 6.45) is 3.04. The molecule has 0 saturated heterocycles. The van der Waals surface area contributed by atoms with Crippen LogP contribution in [0.4, 0.5) is 0 Å². The van der Waals surface area contributed by atoms with Gasteiger partial charge in [0.2, 0.25) is 5.82 Å². The first kappa shape index (κ1) is 16.0. The van der Waals surface area contributed by atoms with E-state index in [-0.39, 0.29) is 17.3 Å². The van der Waals surface area contributed by atoms with Gasteiger partial charge in [-0.1, -0.05) is 30.3 Å². The Bertz CT molecular complexity index is 991. The molecule has 1 aliphatic carbocycles. The van der Waals surface area contributed by atoms with E-state index < -0.39 is 0 Å². The fraction of sp³-hybridized carbons (Fsp3) is 0.316. The van der Waals surface area contributed by atoms with Gasteiger partial charge in [0.25, 0.3) is 11.5 Å². The lowest BCUT2D eigenvalue weighted by atomic mass is 10.2. The largest absolute Gasteiger partial charge is 0.332 e. The number of carbonyl (C=O) groups excluding carboxylic acids is 1. The summed E-state index contributed by atoms with van der Waals surface area (Å²) >= 11 is 1.55. The molecule has 0 fully saturated rings. The van der Waals surface area contributed by atoms with Crippen LogP contribution in [0.2, 0.25) is 0 Å². The number of nitrogens with one attached hydrogen (secondary N) is 1. The van der Waals surface area contributed by atoms with Crippen LogP contribution in [0.3, 0.4) is 0 Å². The second-order valence-corrected chi connectivity index (χ2v) is 7.34. The number of aromatic amines is 1. The van der Waals surface area contributed by atoms with E-state index >= 15 is 0 Å². The zero-order valence-electron chi connectivity index (χ0n) is 14.0. The van der Waals surface area contributed by atoms with E-state index in [0.717, 1.165) is 30.4 Å². The number of nitrogens with zero attached hydrogens (tertiary/aromatic N) is 2. The molecule has 6 heteroatoms. The lowest BCUT2D eigenvalue weighted by Crippen LogP contribution is -2.33. The van der Waals surface area contributed by atoms with Gasteiger partial charge in [0.05, 0.1) is 5.39 Å². The third-order valence-electron chi connectivity index (χ3n) is 4.66. The molecule has 0 radical (unpaired) electrons. The van der Waals surface area contributed by atoms with E-state index in [1.165, 1.54) is 4.88 Å². The minimum Gasteiger partial charge on any atom is -0.332 e. The SMILES string of the molecule is CCN(Cc1ccccc1)C(=O)c1nc2sc3c(c2c(=O)[nH]1)CCC3. The average Bonchev–Trinajstić information content (AvgIpc) is 3.20. The first-order valence-electron chi connectivity index (χ1n) is 8.55. The molecule has 0 unspecified atom stereocenters. The molecule has 0 aliphatic heterocycles. The molecular weight excluding hydrogens is 334 g/mol. The minimum atomic E-state index is -0.237. The van der Waals surface area contributed by atoms with Crippen LogP contribution in [-0.4, -0.2) is 27.3 Å².